The number of aryl methyl sites for hydroxylation is 2. The highest BCUT2D eigenvalue weighted by molar-refractivity contribution is 7.92. The van der Waals surface area contributed by atoms with Gasteiger partial charge in [0.25, 0.3) is 10.0 Å². The summed E-state index contributed by atoms with van der Waals surface area (Å²) in [6.07, 6.45) is -4.66. The molecule has 0 aliphatic carbocycles. The van der Waals surface area contributed by atoms with Crippen molar-refractivity contribution in [2.75, 3.05) is 4.31 Å². The van der Waals surface area contributed by atoms with E-state index in [9.17, 15) is 21.6 Å². The van der Waals surface area contributed by atoms with E-state index in [0.717, 1.165) is 22.5 Å². The molecule has 0 N–H and O–H groups in total. The molecule has 11 heteroatoms. The van der Waals surface area contributed by atoms with E-state index in [2.05, 4.69) is 10.2 Å². The smallest absolute Gasteiger partial charge is 0.416 e. The lowest BCUT2D eigenvalue weighted by Crippen LogP contribution is -2.31. The van der Waals surface area contributed by atoms with Crippen LogP contribution in [-0.4, -0.2) is 18.6 Å². The summed E-state index contributed by atoms with van der Waals surface area (Å²) in [6, 6.07) is 15.5. The van der Waals surface area contributed by atoms with Crippen LogP contribution in [0.15, 0.2) is 76.0 Å². The van der Waals surface area contributed by atoms with Crippen LogP contribution in [0.3, 0.4) is 0 Å². The second-order valence-electron chi connectivity index (χ2n) is 7.84. The predicted octanol–water partition coefficient (Wildman–Crippen LogP) is 6.42. The Kier molecular flexibility index (Phi) is 6.61. The molecule has 0 radical (unpaired) electrons. The van der Waals surface area contributed by atoms with Crippen LogP contribution in [-0.2, 0) is 22.7 Å². The van der Waals surface area contributed by atoms with Crippen LogP contribution in [0.2, 0.25) is 5.02 Å². The highest BCUT2D eigenvalue weighted by Gasteiger charge is 2.33. The Balaban J connectivity index is 1.80. The largest absolute Gasteiger partial charge is 0.419 e. The van der Waals surface area contributed by atoms with Crippen molar-refractivity contribution < 1.29 is 26.0 Å². The maximum absolute atomic E-state index is 13.7. The number of halogens is 4. The minimum Gasteiger partial charge on any atom is -0.419 e. The molecule has 0 saturated heterocycles. The molecule has 0 aliphatic rings. The summed E-state index contributed by atoms with van der Waals surface area (Å²) in [5, 5.41) is 8.37. The molecule has 6 nitrogen and oxygen atoms in total. The van der Waals surface area contributed by atoms with E-state index in [1.165, 1.54) is 12.1 Å². The van der Waals surface area contributed by atoms with Crippen LogP contribution in [0, 0.1) is 13.8 Å². The van der Waals surface area contributed by atoms with Gasteiger partial charge in [-0.05, 0) is 73.5 Å². The van der Waals surface area contributed by atoms with Crippen LogP contribution < -0.4 is 4.31 Å². The van der Waals surface area contributed by atoms with Crippen LogP contribution >= 0.6 is 11.6 Å². The quantitative estimate of drug-likeness (QED) is 0.292. The Hall–Kier alpha value is -3.37. The molecule has 0 fully saturated rings. The Morgan fingerprint density at radius 2 is 1.69 bits per heavy atom. The first kappa shape index (κ1) is 24.7. The van der Waals surface area contributed by atoms with Gasteiger partial charge < -0.3 is 4.42 Å². The van der Waals surface area contributed by atoms with Crippen LogP contribution in [0.25, 0.3) is 11.5 Å². The van der Waals surface area contributed by atoms with E-state index in [1.807, 2.05) is 0 Å². The number of alkyl halides is 3. The summed E-state index contributed by atoms with van der Waals surface area (Å²) in [6.45, 7) is 2.86. The van der Waals surface area contributed by atoms with Gasteiger partial charge in [0.05, 0.1) is 16.1 Å². The molecule has 4 rings (SSSR count). The average molecular weight is 522 g/mol. The van der Waals surface area contributed by atoms with Crippen LogP contribution in [0.4, 0.5) is 18.9 Å². The molecule has 0 spiro atoms. The Labute approximate surface area is 205 Å². The van der Waals surface area contributed by atoms with E-state index in [0.29, 0.717) is 21.7 Å². The van der Waals surface area contributed by atoms with Crippen molar-refractivity contribution >= 4 is 27.3 Å². The second kappa shape index (κ2) is 9.35. The maximum Gasteiger partial charge on any atom is 0.416 e. The van der Waals surface area contributed by atoms with Gasteiger partial charge in [-0.1, -0.05) is 29.8 Å². The molecule has 182 valence electrons. The van der Waals surface area contributed by atoms with Crippen molar-refractivity contribution in [3.63, 3.8) is 0 Å². The molecular formula is C24H19ClF3N3O3S. The Morgan fingerprint density at radius 3 is 2.37 bits per heavy atom. The van der Waals surface area contributed by atoms with Crippen molar-refractivity contribution in [1.29, 1.82) is 0 Å². The number of nitrogens with zero attached hydrogens (tertiary/aromatic N) is 3. The molecule has 1 aromatic heterocycles. The highest BCUT2D eigenvalue weighted by atomic mass is 35.5. The van der Waals surface area contributed by atoms with Gasteiger partial charge in [-0.2, -0.15) is 13.2 Å². The summed E-state index contributed by atoms with van der Waals surface area (Å²) in [5.41, 5.74) is 0.507. The fourth-order valence-corrected chi connectivity index (χ4v) is 5.25. The summed E-state index contributed by atoms with van der Waals surface area (Å²) in [7, 11) is -4.31. The molecule has 1 heterocycles. The predicted molar refractivity (Wildman–Crippen MR) is 125 cm³/mol. The molecule has 4 aromatic rings. The number of aromatic nitrogens is 2. The lowest BCUT2D eigenvalue weighted by molar-refractivity contribution is -0.137. The normalized spacial score (nSPS) is 12.1. The Bertz CT molecular complexity index is 1470. The minimum atomic E-state index is -4.66. The van der Waals surface area contributed by atoms with Gasteiger partial charge in [0, 0.05) is 10.6 Å². The average Bonchev–Trinajstić information content (AvgIpc) is 3.27. The SMILES string of the molecule is Cc1ccc(C)c(S(=O)(=O)N(Cc2nnc(-c3ccc(Cl)cc3)o2)c2cccc(C(F)(F)F)c2)c1. The third-order valence-electron chi connectivity index (χ3n) is 5.21. The third kappa shape index (κ3) is 5.33. The molecular weight excluding hydrogens is 503 g/mol. The van der Waals surface area contributed by atoms with E-state index >= 15 is 0 Å². The van der Waals surface area contributed by atoms with Gasteiger partial charge in [-0.25, -0.2) is 8.42 Å². The number of benzene rings is 3. The summed E-state index contributed by atoms with van der Waals surface area (Å²) in [4.78, 5) is -0.0349. The first-order chi connectivity index (χ1) is 16.4. The van der Waals surface area contributed by atoms with E-state index in [4.69, 9.17) is 16.0 Å². The summed E-state index contributed by atoms with van der Waals surface area (Å²) >= 11 is 5.90. The van der Waals surface area contributed by atoms with Gasteiger partial charge in [0.2, 0.25) is 11.8 Å². The van der Waals surface area contributed by atoms with E-state index < -0.39 is 28.3 Å². The monoisotopic (exact) mass is 521 g/mol. The van der Waals surface area contributed by atoms with Gasteiger partial charge >= 0.3 is 6.18 Å². The van der Waals surface area contributed by atoms with E-state index in [1.54, 1.807) is 50.2 Å². The molecule has 0 amide bonds. The fourth-order valence-electron chi connectivity index (χ4n) is 3.41. The minimum absolute atomic E-state index is 0.0349. The fraction of sp³-hybridized carbons (Fsp3) is 0.167. The molecule has 0 aliphatic heterocycles. The lowest BCUT2D eigenvalue weighted by atomic mass is 10.2. The van der Waals surface area contributed by atoms with E-state index in [-0.39, 0.29) is 22.4 Å². The van der Waals surface area contributed by atoms with Crippen molar-refractivity contribution in [2.24, 2.45) is 0 Å². The zero-order chi connectivity index (χ0) is 25.4. The zero-order valence-electron chi connectivity index (χ0n) is 18.5. The number of rotatable bonds is 6. The van der Waals surface area contributed by atoms with Gasteiger partial charge in [-0.15, -0.1) is 10.2 Å². The molecule has 0 atom stereocenters. The molecule has 35 heavy (non-hydrogen) atoms. The van der Waals surface area contributed by atoms with Gasteiger partial charge in [0.1, 0.15) is 6.54 Å². The number of anilines is 1. The van der Waals surface area contributed by atoms with Crippen molar-refractivity contribution in [2.45, 2.75) is 31.5 Å². The highest BCUT2D eigenvalue weighted by Crippen LogP contribution is 2.34. The number of hydrogen-bond acceptors (Lipinski definition) is 5. The number of sulfonamides is 1. The Morgan fingerprint density at radius 1 is 0.971 bits per heavy atom. The lowest BCUT2D eigenvalue weighted by Gasteiger charge is -2.25. The molecule has 0 saturated carbocycles. The molecule has 3 aromatic carbocycles. The van der Waals surface area contributed by atoms with Gasteiger partial charge in [0.15, 0.2) is 0 Å². The molecule has 0 bridgehead atoms. The second-order valence-corrected chi connectivity index (χ2v) is 10.1. The topological polar surface area (TPSA) is 76.3 Å². The summed E-state index contributed by atoms with van der Waals surface area (Å²) in [5.74, 6) is 0.0195. The summed E-state index contributed by atoms with van der Waals surface area (Å²) < 4.78 is 74.1. The first-order valence-electron chi connectivity index (χ1n) is 10.3. The van der Waals surface area contributed by atoms with Crippen LogP contribution in [0.1, 0.15) is 22.6 Å². The van der Waals surface area contributed by atoms with Crippen LogP contribution in [0.5, 0.6) is 0 Å². The maximum atomic E-state index is 13.7. The zero-order valence-corrected chi connectivity index (χ0v) is 20.1. The van der Waals surface area contributed by atoms with Gasteiger partial charge in [-0.3, -0.25) is 4.31 Å². The molecule has 0 unspecified atom stereocenters. The first-order valence-corrected chi connectivity index (χ1v) is 12.1. The number of hydrogen-bond donors (Lipinski definition) is 0. The third-order valence-corrected chi connectivity index (χ3v) is 7.38. The van der Waals surface area contributed by atoms with Crippen molar-refractivity contribution in [1.82, 2.24) is 10.2 Å². The van der Waals surface area contributed by atoms with Crippen molar-refractivity contribution in [3.05, 3.63) is 94.3 Å². The standard InChI is InChI=1S/C24H19ClF3N3O3S/c1-15-6-7-16(2)21(12-15)35(32,33)31(20-5-3-4-18(13-20)24(26,27)28)14-22-29-30-23(34-22)17-8-10-19(25)11-9-17/h3-13H,14H2,1-2H3. The van der Waals surface area contributed by atoms with Crippen molar-refractivity contribution in [3.8, 4) is 11.5 Å².